The Morgan fingerprint density at radius 2 is 2.12 bits per heavy atom. The molecule has 1 N–H and O–H groups in total. The molecule has 0 aromatic carbocycles. The zero-order chi connectivity index (χ0) is 17.5. The van der Waals surface area contributed by atoms with E-state index in [0.717, 1.165) is 70.8 Å². The van der Waals surface area contributed by atoms with Crippen molar-refractivity contribution in [2.45, 2.75) is 31.7 Å². The molecule has 3 heterocycles. The van der Waals surface area contributed by atoms with Gasteiger partial charge in [0.15, 0.2) is 0 Å². The van der Waals surface area contributed by atoms with Crippen LogP contribution < -0.4 is 10.2 Å². The minimum atomic E-state index is 0.113. The quantitative estimate of drug-likeness (QED) is 0.825. The van der Waals surface area contributed by atoms with E-state index in [-0.39, 0.29) is 17.9 Å². The molecule has 3 rings (SSSR count). The number of likely N-dealkylation sites (tertiary alicyclic amines) is 1. The minimum Gasteiger partial charge on any atom is -0.383 e. The van der Waals surface area contributed by atoms with Crippen molar-refractivity contribution in [3.63, 3.8) is 0 Å². The molecule has 1 aromatic rings. The molecule has 0 radical (unpaired) electrons. The van der Waals surface area contributed by atoms with E-state index < -0.39 is 0 Å². The SMILES string of the molecule is COCCN1CCC[C@H](NC(=O)C2CCN(c3cnccn3)CC2)C1. The number of ether oxygens (including phenoxy) is 1. The van der Waals surface area contributed by atoms with Gasteiger partial charge in [-0.1, -0.05) is 0 Å². The standard InChI is InChI=1S/C18H29N5O2/c1-25-12-11-22-8-2-3-16(14-22)21-18(24)15-4-9-23(10-5-15)17-13-19-6-7-20-17/h6-7,13,15-16H,2-5,8-12,14H2,1H3,(H,21,24)/t16-/m0/s1. The molecule has 2 aliphatic heterocycles. The summed E-state index contributed by atoms with van der Waals surface area (Å²) in [6.45, 7) is 5.46. The predicted molar refractivity (Wildman–Crippen MR) is 96.4 cm³/mol. The van der Waals surface area contributed by atoms with Crippen LogP contribution >= 0.6 is 0 Å². The highest BCUT2D eigenvalue weighted by Crippen LogP contribution is 2.22. The summed E-state index contributed by atoms with van der Waals surface area (Å²) in [6.07, 6.45) is 9.16. The van der Waals surface area contributed by atoms with Crippen LogP contribution in [0.3, 0.4) is 0 Å². The zero-order valence-electron chi connectivity index (χ0n) is 15.1. The maximum atomic E-state index is 12.6. The molecule has 0 spiro atoms. The summed E-state index contributed by atoms with van der Waals surface area (Å²) in [7, 11) is 1.73. The molecular formula is C18H29N5O2. The Kier molecular flexibility index (Phi) is 6.58. The van der Waals surface area contributed by atoms with Gasteiger partial charge >= 0.3 is 0 Å². The van der Waals surface area contributed by atoms with Crippen LogP contribution in [-0.4, -0.2) is 73.3 Å². The number of carbonyl (C=O) groups excluding carboxylic acids is 1. The Hall–Kier alpha value is -1.73. The molecule has 7 heteroatoms. The Morgan fingerprint density at radius 3 is 2.84 bits per heavy atom. The summed E-state index contributed by atoms with van der Waals surface area (Å²) in [6, 6.07) is 0.274. The highest BCUT2D eigenvalue weighted by molar-refractivity contribution is 5.79. The van der Waals surface area contributed by atoms with E-state index in [2.05, 4.69) is 25.1 Å². The van der Waals surface area contributed by atoms with Gasteiger partial charge in [-0.15, -0.1) is 0 Å². The molecule has 2 fully saturated rings. The lowest BCUT2D eigenvalue weighted by atomic mass is 9.95. The molecule has 0 aliphatic carbocycles. The first-order chi connectivity index (χ1) is 12.3. The van der Waals surface area contributed by atoms with E-state index in [4.69, 9.17) is 4.74 Å². The third kappa shape index (κ3) is 5.12. The lowest BCUT2D eigenvalue weighted by Gasteiger charge is -2.35. The first-order valence-electron chi connectivity index (χ1n) is 9.29. The molecule has 0 bridgehead atoms. The number of amides is 1. The number of nitrogens with one attached hydrogen (secondary N) is 1. The number of carbonyl (C=O) groups is 1. The summed E-state index contributed by atoms with van der Waals surface area (Å²) in [4.78, 5) is 25.7. The van der Waals surface area contributed by atoms with Crippen molar-refractivity contribution < 1.29 is 9.53 Å². The highest BCUT2D eigenvalue weighted by Gasteiger charge is 2.28. The smallest absolute Gasteiger partial charge is 0.223 e. The molecular weight excluding hydrogens is 318 g/mol. The second kappa shape index (κ2) is 9.10. The van der Waals surface area contributed by atoms with Gasteiger partial charge in [-0.05, 0) is 32.2 Å². The van der Waals surface area contributed by atoms with Crippen molar-refractivity contribution in [2.75, 3.05) is 51.3 Å². The molecule has 1 atom stereocenters. The molecule has 7 nitrogen and oxygen atoms in total. The van der Waals surface area contributed by atoms with Crippen molar-refractivity contribution >= 4 is 11.7 Å². The summed E-state index contributed by atoms with van der Waals surface area (Å²) >= 11 is 0. The van der Waals surface area contributed by atoms with Crippen LogP contribution in [0.15, 0.2) is 18.6 Å². The second-order valence-electron chi connectivity index (χ2n) is 6.97. The number of nitrogens with zero attached hydrogens (tertiary/aromatic N) is 4. The summed E-state index contributed by atoms with van der Waals surface area (Å²) in [5.74, 6) is 1.24. The van der Waals surface area contributed by atoms with Crippen LogP contribution in [-0.2, 0) is 9.53 Å². The van der Waals surface area contributed by atoms with Gasteiger partial charge in [-0.25, -0.2) is 4.98 Å². The maximum Gasteiger partial charge on any atom is 0.223 e. The molecule has 2 saturated heterocycles. The predicted octanol–water partition coefficient (Wildman–Crippen LogP) is 0.920. The van der Waals surface area contributed by atoms with Gasteiger partial charge in [0.05, 0.1) is 12.8 Å². The molecule has 25 heavy (non-hydrogen) atoms. The Balaban J connectivity index is 1.43. The molecule has 1 amide bonds. The topological polar surface area (TPSA) is 70.6 Å². The Labute approximate surface area is 149 Å². The van der Waals surface area contributed by atoms with Gasteiger partial charge in [0, 0.05) is 57.6 Å². The van der Waals surface area contributed by atoms with E-state index in [1.807, 2.05) is 0 Å². The third-order valence-electron chi connectivity index (χ3n) is 5.20. The molecule has 0 unspecified atom stereocenters. The largest absolute Gasteiger partial charge is 0.383 e. The van der Waals surface area contributed by atoms with Crippen LogP contribution in [0.25, 0.3) is 0 Å². The molecule has 2 aliphatic rings. The Bertz CT molecular complexity index is 534. The fourth-order valence-electron chi connectivity index (χ4n) is 3.74. The minimum absolute atomic E-state index is 0.113. The van der Waals surface area contributed by atoms with Crippen molar-refractivity contribution in [2.24, 2.45) is 5.92 Å². The zero-order valence-corrected chi connectivity index (χ0v) is 15.1. The van der Waals surface area contributed by atoms with Crippen LogP contribution in [0, 0.1) is 5.92 Å². The van der Waals surface area contributed by atoms with Gasteiger partial charge < -0.3 is 15.0 Å². The lowest BCUT2D eigenvalue weighted by molar-refractivity contribution is -0.126. The molecule has 1 aromatic heterocycles. The second-order valence-corrected chi connectivity index (χ2v) is 6.97. The maximum absolute atomic E-state index is 12.6. The van der Waals surface area contributed by atoms with Crippen LogP contribution in [0.1, 0.15) is 25.7 Å². The number of piperidine rings is 2. The van der Waals surface area contributed by atoms with E-state index in [9.17, 15) is 4.79 Å². The van der Waals surface area contributed by atoms with Crippen molar-refractivity contribution in [1.29, 1.82) is 0 Å². The van der Waals surface area contributed by atoms with Crippen molar-refractivity contribution in [3.05, 3.63) is 18.6 Å². The van der Waals surface area contributed by atoms with Gasteiger partial charge in [0.1, 0.15) is 5.82 Å². The van der Waals surface area contributed by atoms with E-state index in [0.29, 0.717) is 0 Å². The van der Waals surface area contributed by atoms with Crippen LogP contribution in [0.4, 0.5) is 5.82 Å². The normalized spacial score (nSPS) is 22.8. The molecule has 138 valence electrons. The number of aromatic nitrogens is 2. The average Bonchev–Trinajstić information content (AvgIpc) is 2.67. The van der Waals surface area contributed by atoms with Crippen LogP contribution in [0.2, 0.25) is 0 Å². The number of hydrogen-bond acceptors (Lipinski definition) is 6. The monoisotopic (exact) mass is 347 g/mol. The Morgan fingerprint density at radius 1 is 1.28 bits per heavy atom. The fraction of sp³-hybridized carbons (Fsp3) is 0.722. The van der Waals surface area contributed by atoms with Crippen molar-refractivity contribution in [1.82, 2.24) is 20.2 Å². The van der Waals surface area contributed by atoms with Crippen molar-refractivity contribution in [3.8, 4) is 0 Å². The number of rotatable bonds is 6. The number of hydrogen-bond donors (Lipinski definition) is 1. The van der Waals surface area contributed by atoms with Gasteiger partial charge in [0.2, 0.25) is 5.91 Å². The van der Waals surface area contributed by atoms with Crippen LogP contribution in [0.5, 0.6) is 0 Å². The van der Waals surface area contributed by atoms with Gasteiger partial charge in [-0.3, -0.25) is 14.7 Å². The summed E-state index contributed by atoms with van der Waals surface area (Å²) in [5.41, 5.74) is 0. The molecule has 0 saturated carbocycles. The van der Waals surface area contributed by atoms with Gasteiger partial charge in [-0.2, -0.15) is 0 Å². The third-order valence-corrected chi connectivity index (χ3v) is 5.20. The van der Waals surface area contributed by atoms with E-state index in [1.54, 1.807) is 25.7 Å². The number of methoxy groups -OCH3 is 1. The first-order valence-corrected chi connectivity index (χ1v) is 9.29. The first kappa shape index (κ1) is 18.1. The number of anilines is 1. The van der Waals surface area contributed by atoms with Gasteiger partial charge in [0.25, 0.3) is 0 Å². The average molecular weight is 347 g/mol. The lowest BCUT2D eigenvalue weighted by Crippen LogP contribution is -2.51. The van der Waals surface area contributed by atoms with E-state index >= 15 is 0 Å². The van der Waals surface area contributed by atoms with E-state index in [1.165, 1.54) is 0 Å². The fourth-order valence-corrected chi connectivity index (χ4v) is 3.74. The summed E-state index contributed by atoms with van der Waals surface area (Å²) < 4.78 is 5.16. The summed E-state index contributed by atoms with van der Waals surface area (Å²) in [5, 5.41) is 3.28. The highest BCUT2D eigenvalue weighted by atomic mass is 16.5.